The van der Waals surface area contributed by atoms with Crippen molar-refractivity contribution in [3.05, 3.63) is 63.9 Å². The minimum absolute atomic E-state index is 0.391. The van der Waals surface area contributed by atoms with E-state index in [0.717, 1.165) is 11.1 Å². The van der Waals surface area contributed by atoms with Gasteiger partial charge in [-0.25, -0.2) is 4.98 Å². The Hall–Kier alpha value is -1.09. The normalized spacial score (nSPS) is 10.5. The first-order chi connectivity index (χ1) is 8.25. The van der Waals surface area contributed by atoms with Crippen molar-refractivity contribution in [2.45, 2.75) is 13.2 Å². The van der Waals surface area contributed by atoms with Crippen LogP contribution in [0.5, 0.6) is 0 Å². The maximum absolute atomic E-state index is 5.94. The lowest BCUT2D eigenvalue weighted by Gasteiger charge is -2.06. The maximum atomic E-state index is 5.94. The molecule has 4 heteroatoms. The van der Waals surface area contributed by atoms with E-state index in [0.29, 0.717) is 23.5 Å². The largest absolute Gasteiger partial charge is 0.372 e. The summed E-state index contributed by atoms with van der Waals surface area (Å²) in [4.78, 5) is 3.95. The first-order valence-corrected chi connectivity index (χ1v) is 5.94. The van der Waals surface area contributed by atoms with Gasteiger partial charge in [-0.15, -0.1) is 0 Å². The summed E-state index contributed by atoms with van der Waals surface area (Å²) in [6.45, 7) is 0.984. The van der Waals surface area contributed by atoms with E-state index >= 15 is 0 Å². The summed E-state index contributed by atoms with van der Waals surface area (Å²) >= 11 is 11.6. The first kappa shape index (κ1) is 12.4. The Balaban J connectivity index is 1.90. The average molecular weight is 268 g/mol. The lowest BCUT2D eigenvalue weighted by molar-refractivity contribution is 0.107. The highest BCUT2D eigenvalue weighted by Crippen LogP contribution is 2.17. The van der Waals surface area contributed by atoms with E-state index in [4.69, 9.17) is 27.9 Å². The summed E-state index contributed by atoms with van der Waals surface area (Å²) in [5.41, 5.74) is 1.97. The zero-order valence-corrected chi connectivity index (χ0v) is 10.6. The third-order valence-electron chi connectivity index (χ3n) is 2.26. The second-order valence-corrected chi connectivity index (χ2v) is 4.31. The molecule has 0 spiro atoms. The lowest BCUT2D eigenvalue weighted by Crippen LogP contribution is -1.96. The SMILES string of the molecule is Clc1ccc(COCc2ccccc2)c(Cl)n1. The van der Waals surface area contributed by atoms with Crippen molar-refractivity contribution in [1.82, 2.24) is 4.98 Å². The van der Waals surface area contributed by atoms with Crippen LogP contribution in [0.25, 0.3) is 0 Å². The molecule has 0 aliphatic rings. The van der Waals surface area contributed by atoms with Crippen LogP contribution in [-0.2, 0) is 18.0 Å². The van der Waals surface area contributed by atoms with E-state index in [1.807, 2.05) is 36.4 Å². The van der Waals surface area contributed by atoms with Crippen molar-refractivity contribution in [3.8, 4) is 0 Å². The van der Waals surface area contributed by atoms with Crippen molar-refractivity contribution in [3.63, 3.8) is 0 Å². The van der Waals surface area contributed by atoms with Gasteiger partial charge in [-0.3, -0.25) is 0 Å². The Morgan fingerprint density at radius 3 is 2.41 bits per heavy atom. The maximum Gasteiger partial charge on any atom is 0.136 e. The van der Waals surface area contributed by atoms with Gasteiger partial charge >= 0.3 is 0 Å². The third-order valence-corrected chi connectivity index (χ3v) is 2.80. The number of benzene rings is 1. The summed E-state index contributed by atoms with van der Waals surface area (Å²) in [6, 6.07) is 13.5. The molecule has 0 saturated heterocycles. The molecule has 2 rings (SSSR count). The second kappa shape index (κ2) is 6.01. The molecule has 0 bridgehead atoms. The number of pyridine rings is 1. The molecule has 0 unspecified atom stereocenters. The summed E-state index contributed by atoms with van der Waals surface area (Å²) in [5, 5.41) is 0.785. The molecule has 17 heavy (non-hydrogen) atoms. The summed E-state index contributed by atoms with van der Waals surface area (Å²) in [6.07, 6.45) is 0. The van der Waals surface area contributed by atoms with Crippen molar-refractivity contribution in [2.24, 2.45) is 0 Å². The first-order valence-electron chi connectivity index (χ1n) is 5.18. The van der Waals surface area contributed by atoms with Gasteiger partial charge in [-0.1, -0.05) is 59.6 Å². The fourth-order valence-corrected chi connectivity index (χ4v) is 1.80. The topological polar surface area (TPSA) is 22.1 Å². The Kier molecular flexibility index (Phi) is 4.37. The van der Waals surface area contributed by atoms with Crippen LogP contribution in [0.2, 0.25) is 10.3 Å². The van der Waals surface area contributed by atoms with Gasteiger partial charge in [0.25, 0.3) is 0 Å². The average Bonchev–Trinajstić information content (AvgIpc) is 2.33. The Morgan fingerprint density at radius 1 is 0.941 bits per heavy atom. The highest BCUT2D eigenvalue weighted by atomic mass is 35.5. The molecule has 0 radical (unpaired) electrons. The molecule has 0 aliphatic carbocycles. The number of rotatable bonds is 4. The predicted octanol–water partition coefficient (Wildman–Crippen LogP) is 4.11. The fraction of sp³-hybridized carbons (Fsp3) is 0.154. The smallest absolute Gasteiger partial charge is 0.136 e. The Bertz CT molecular complexity index is 488. The van der Waals surface area contributed by atoms with Gasteiger partial charge < -0.3 is 4.74 Å². The minimum atomic E-state index is 0.391. The van der Waals surface area contributed by atoms with Crippen LogP contribution in [0.3, 0.4) is 0 Å². The number of halogens is 2. The van der Waals surface area contributed by atoms with Gasteiger partial charge in [0, 0.05) is 5.56 Å². The lowest BCUT2D eigenvalue weighted by atomic mass is 10.2. The van der Waals surface area contributed by atoms with Crippen LogP contribution >= 0.6 is 23.2 Å². The second-order valence-electron chi connectivity index (χ2n) is 3.56. The van der Waals surface area contributed by atoms with E-state index < -0.39 is 0 Å². The third kappa shape index (κ3) is 3.70. The fourth-order valence-electron chi connectivity index (χ4n) is 1.40. The molecule has 0 atom stereocenters. The van der Waals surface area contributed by atoms with Crippen LogP contribution in [0.1, 0.15) is 11.1 Å². The molecule has 88 valence electrons. The summed E-state index contributed by atoms with van der Waals surface area (Å²) in [7, 11) is 0. The zero-order valence-electron chi connectivity index (χ0n) is 9.07. The van der Waals surface area contributed by atoms with Crippen molar-refractivity contribution in [1.29, 1.82) is 0 Å². The van der Waals surface area contributed by atoms with Gasteiger partial charge in [0.1, 0.15) is 10.3 Å². The molecule has 0 aliphatic heterocycles. The van der Waals surface area contributed by atoms with E-state index in [1.54, 1.807) is 6.07 Å². The molecule has 1 aromatic carbocycles. The standard InChI is InChI=1S/C13H11Cl2NO/c14-12-7-6-11(13(15)16-12)9-17-8-10-4-2-1-3-5-10/h1-7H,8-9H2. The summed E-state index contributed by atoms with van der Waals surface area (Å²) < 4.78 is 5.56. The number of ether oxygens (including phenoxy) is 1. The highest BCUT2D eigenvalue weighted by Gasteiger charge is 2.02. The quantitative estimate of drug-likeness (QED) is 0.778. The van der Waals surface area contributed by atoms with Crippen LogP contribution in [0, 0.1) is 0 Å². The number of hydrogen-bond acceptors (Lipinski definition) is 2. The Labute approximate surface area is 110 Å². The van der Waals surface area contributed by atoms with Crippen LogP contribution < -0.4 is 0 Å². The van der Waals surface area contributed by atoms with Crippen molar-refractivity contribution in [2.75, 3.05) is 0 Å². The molecule has 2 aromatic rings. The molecule has 0 saturated carbocycles. The predicted molar refractivity (Wildman–Crippen MR) is 69.2 cm³/mol. The molecule has 1 aromatic heterocycles. The van der Waals surface area contributed by atoms with E-state index in [-0.39, 0.29) is 0 Å². The van der Waals surface area contributed by atoms with Crippen molar-refractivity contribution >= 4 is 23.2 Å². The Morgan fingerprint density at radius 2 is 1.71 bits per heavy atom. The monoisotopic (exact) mass is 267 g/mol. The minimum Gasteiger partial charge on any atom is -0.372 e. The van der Waals surface area contributed by atoms with Gasteiger partial charge in [0.15, 0.2) is 0 Å². The van der Waals surface area contributed by atoms with E-state index in [9.17, 15) is 0 Å². The summed E-state index contributed by atoms with van der Waals surface area (Å²) in [5.74, 6) is 0. The van der Waals surface area contributed by atoms with Gasteiger partial charge in [0.2, 0.25) is 0 Å². The number of nitrogens with zero attached hydrogens (tertiary/aromatic N) is 1. The van der Waals surface area contributed by atoms with Crippen LogP contribution in [0.4, 0.5) is 0 Å². The molecule has 0 amide bonds. The number of aromatic nitrogens is 1. The van der Waals surface area contributed by atoms with Gasteiger partial charge in [0.05, 0.1) is 13.2 Å². The molecule has 2 nitrogen and oxygen atoms in total. The molecular formula is C13H11Cl2NO. The van der Waals surface area contributed by atoms with Crippen molar-refractivity contribution < 1.29 is 4.74 Å². The molecule has 0 fully saturated rings. The van der Waals surface area contributed by atoms with Crippen LogP contribution in [0.15, 0.2) is 42.5 Å². The van der Waals surface area contributed by atoms with E-state index in [2.05, 4.69) is 4.98 Å². The van der Waals surface area contributed by atoms with Gasteiger partial charge in [-0.05, 0) is 11.6 Å². The van der Waals surface area contributed by atoms with Crippen LogP contribution in [-0.4, -0.2) is 4.98 Å². The molecule has 0 N–H and O–H groups in total. The molecular weight excluding hydrogens is 257 g/mol. The van der Waals surface area contributed by atoms with E-state index in [1.165, 1.54) is 0 Å². The highest BCUT2D eigenvalue weighted by molar-refractivity contribution is 6.32. The zero-order chi connectivity index (χ0) is 12.1. The van der Waals surface area contributed by atoms with Gasteiger partial charge in [-0.2, -0.15) is 0 Å². The number of hydrogen-bond donors (Lipinski definition) is 0. The molecule has 1 heterocycles.